The van der Waals surface area contributed by atoms with Crippen molar-refractivity contribution in [3.05, 3.63) is 22.8 Å². The van der Waals surface area contributed by atoms with E-state index in [-0.39, 0.29) is 16.4 Å². The van der Waals surface area contributed by atoms with Crippen LogP contribution < -0.4 is 11.1 Å². The smallest absolute Gasteiger partial charge is 0.362 e. The fraction of sp³-hybridized carbons (Fsp3) is 0.583. The Morgan fingerprint density at radius 1 is 1.37 bits per heavy atom. The number of hydrogen-bond acceptors (Lipinski definition) is 3. The van der Waals surface area contributed by atoms with E-state index >= 15 is 0 Å². The third-order valence-electron chi connectivity index (χ3n) is 3.50. The highest BCUT2D eigenvalue weighted by Crippen LogP contribution is 2.36. The van der Waals surface area contributed by atoms with Gasteiger partial charge < -0.3 is 11.1 Å². The molecular formula is C12H15ClF3N3. The van der Waals surface area contributed by atoms with E-state index in [0.29, 0.717) is 6.54 Å². The van der Waals surface area contributed by atoms with Crippen molar-refractivity contribution in [2.45, 2.75) is 37.4 Å². The molecule has 0 unspecified atom stereocenters. The quantitative estimate of drug-likeness (QED) is 0.897. The first-order valence-corrected chi connectivity index (χ1v) is 6.45. The lowest BCUT2D eigenvalue weighted by Crippen LogP contribution is -2.43. The summed E-state index contributed by atoms with van der Waals surface area (Å²) in [5.74, 6) is 0.266. The summed E-state index contributed by atoms with van der Waals surface area (Å²) in [6.45, 7) is 0.409. The molecule has 0 atom stereocenters. The van der Waals surface area contributed by atoms with Crippen LogP contribution in [0.5, 0.6) is 0 Å². The monoisotopic (exact) mass is 293 g/mol. The lowest BCUT2D eigenvalue weighted by atomic mass is 9.98. The predicted molar refractivity (Wildman–Crippen MR) is 68.1 cm³/mol. The van der Waals surface area contributed by atoms with Crippen LogP contribution in [0.3, 0.4) is 0 Å². The third kappa shape index (κ3) is 3.12. The molecule has 0 spiro atoms. The molecule has 1 aliphatic carbocycles. The number of nitrogens with one attached hydrogen (secondary N) is 1. The summed E-state index contributed by atoms with van der Waals surface area (Å²) < 4.78 is 37.5. The van der Waals surface area contributed by atoms with Crippen LogP contribution in [0, 0.1) is 0 Å². The van der Waals surface area contributed by atoms with Gasteiger partial charge in [0.15, 0.2) is 0 Å². The topological polar surface area (TPSA) is 50.9 Å². The second-order valence-corrected chi connectivity index (χ2v) is 5.28. The number of nitrogens with zero attached hydrogens (tertiary/aromatic N) is 1. The number of hydrogen-bond donors (Lipinski definition) is 2. The maximum atomic E-state index is 12.5. The van der Waals surface area contributed by atoms with E-state index in [2.05, 4.69) is 10.3 Å². The molecule has 0 aliphatic heterocycles. The van der Waals surface area contributed by atoms with Crippen molar-refractivity contribution in [1.29, 1.82) is 0 Å². The van der Waals surface area contributed by atoms with E-state index in [4.69, 9.17) is 17.3 Å². The molecule has 0 bridgehead atoms. The van der Waals surface area contributed by atoms with E-state index in [0.717, 1.165) is 37.9 Å². The van der Waals surface area contributed by atoms with Gasteiger partial charge in [-0.2, -0.15) is 13.2 Å². The molecule has 2 rings (SSSR count). The van der Waals surface area contributed by atoms with E-state index in [1.165, 1.54) is 0 Å². The van der Waals surface area contributed by atoms with Crippen molar-refractivity contribution < 1.29 is 13.2 Å². The van der Waals surface area contributed by atoms with Crippen LogP contribution in [-0.4, -0.2) is 17.1 Å². The summed E-state index contributed by atoms with van der Waals surface area (Å²) in [7, 11) is 0. The Kier molecular flexibility index (Phi) is 3.92. The van der Waals surface area contributed by atoms with Crippen LogP contribution in [0.1, 0.15) is 31.2 Å². The number of anilines is 1. The first kappa shape index (κ1) is 14.4. The van der Waals surface area contributed by atoms with Gasteiger partial charge in [-0.1, -0.05) is 24.4 Å². The summed E-state index contributed by atoms with van der Waals surface area (Å²) in [5.41, 5.74) is 4.61. The zero-order chi connectivity index (χ0) is 14.1. The molecule has 1 fully saturated rings. The lowest BCUT2D eigenvalue weighted by Gasteiger charge is -2.29. The molecule has 1 aromatic heterocycles. The minimum atomic E-state index is -4.44. The minimum absolute atomic E-state index is 0.0328. The van der Waals surface area contributed by atoms with Crippen LogP contribution in [0.2, 0.25) is 5.02 Å². The maximum absolute atomic E-state index is 12.5. The van der Waals surface area contributed by atoms with Gasteiger partial charge in [-0.05, 0) is 18.9 Å². The van der Waals surface area contributed by atoms with Crippen molar-refractivity contribution in [3.8, 4) is 0 Å². The van der Waals surface area contributed by atoms with Crippen molar-refractivity contribution in [3.63, 3.8) is 0 Å². The molecular weight excluding hydrogens is 279 g/mol. The fourth-order valence-electron chi connectivity index (χ4n) is 2.37. The van der Waals surface area contributed by atoms with Gasteiger partial charge in [-0.15, -0.1) is 0 Å². The number of nitrogens with two attached hydrogens (primary N) is 1. The van der Waals surface area contributed by atoms with E-state index in [9.17, 15) is 13.2 Å². The average Bonchev–Trinajstić information content (AvgIpc) is 2.80. The van der Waals surface area contributed by atoms with Crippen molar-refractivity contribution in [2.75, 3.05) is 11.9 Å². The fourth-order valence-corrected chi connectivity index (χ4v) is 2.58. The highest BCUT2D eigenvalue weighted by Gasteiger charge is 2.35. The Bertz CT molecular complexity index is 456. The predicted octanol–water partition coefficient (Wildman–Crippen LogP) is 3.44. The molecule has 7 heteroatoms. The number of alkyl halides is 3. The normalized spacial score (nSPS) is 18.6. The Balaban J connectivity index is 2.22. The number of rotatable bonds is 3. The van der Waals surface area contributed by atoms with Gasteiger partial charge in [0.05, 0.1) is 16.1 Å². The van der Waals surface area contributed by atoms with Crippen molar-refractivity contribution in [1.82, 2.24) is 4.98 Å². The van der Waals surface area contributed by atoms with Crippen molar-refractivity contribution >= 4 is 17.4 Å². The standard InChI is InChI=1S/C12H15ClF3N3/c13-9-5-8(12(14,15)16)6-18-10(9)19-11(7-17)3-1-2-4-11/h5-6H,1-4,7,17H2,(H,18,19). The van der Waals surface area contributed by atoms with Gasteiger partial charge >= 0.3 is 6.18 Å². The van der Waals surface area contributed by atoms with Crippen LogP contribution in [0.15, 0.2) is 12.3 Å². The number of halogens is 4. The van der Waals surface area contributed by atoms with Gasteiger partial charge in [0.2, 0.25) is 0 Å². The van der Waals surface area contributed by atoms with E-state index in [1.54, 1.807) is 0 Å². The van der Waals surface area contributed by atoms with Crippen LogP contribution >= 0.6 is 11.6 Å². The molecule has 0 amide bonds. The largest absolute Gasteiger partial charge is 0.417 e. The van der Waals surface area contributed by atoms with Crippen LogP contribution in [-0.2, 0) is 6.18 Å². The van der Waals surface area contributed by atoms with E-state index < -0.39 is 11.7 Å². The van der Waals surface area contributed by atoms with E-state index in [1.807, 2.05) is 0 Å². The first-order chi connectivity index (χ1) is 8.86. The SMILES string of the molecule is NCC1(Nc2ncc(C(F)(F)F)cc2Cl)CCCC1. The van der Waals surface area contributed by atoms with Gasteiger partial charge in [-0.25, -0.2) is 4.98 Å². The molecule has 1 aromatic rings. The Morgan fingerprint density at radius 3 is 2.47 bits per heavy atom. The van der Waals surface area contributed by atoms with Crippen molar-refractivity contribution in [2.24, 2.45) is 5.73 Å². The summed E-state index contributed by atoms with van der Waals surface area (Å²) in [5, 5.41) is 3.08. The van der Waals surface area contributed by atoms with Crippen LogP contribution in [0.25, 0.3) is 0 Å². The number of pyridine rings is 1. The summed E-state index contributed by atoms with van der Waals surface area (Å²) in [6, 6.07) is 0.885. The Morgan fingerprint density at radius 2 is 2.00 bits per heavy atom. The molecule has 3 nitrogen and oxygen atoms in total. The highest BCUT2D eigenvalue weighted by atomic mass is 35.5. The molecule has 3 N–H and O–H groups in total. The van der Waals surface area contributed by atoms with Crippen LogP contribution in [0.4, 0.5) is 19.0 Å². The Hall–Kier alpha value is -1.01. The zero-order valence-corrected chi connectivity index (χ0v) is 11.0. The highest BCUT2D eigenvalue weighted by molar-refractivity contribution is 6.33. The molecule has 1 saturated carbocycles. The molecule has 0 aromatic carbocycles. The average molecular weight is 294 g/mol. The second-order valence-electron chi connectivity index (χ2n) is 4.87. The van der Waals surface area contributed by atoms with Gasteiger partial charge in [0.25, 0.3) is 0 Å². The molecule has 1 aliphatic rings. The molecule has 0 radical (unpaired) electrons. The molecule has 0 saturated heterocycles. The Labute approximate surface area is 114 Å². The summed E-state index contributed by atoms with van der Waals surface area (Å²) >= 11 is 5.87. The summed E-state index contributed by atoms with van der Waals surface area (Å²) in [6.07, 6.45) is 0.192. The zero-order valence-electron chi connectivity index (χ0n) is 10.2. The van der Waals surface area contributed by atoms with Gasteiger partial charge in [-0.3, -0.25) is 0 Å². The molecule has 19 heavy (non-hydrogen) atoms. The number of aromatic nitrogens is 1. The first-order valence-electron chi connectivity index (χ1n) is 6.07. The summed E-state index contributed by atoms with van der Waals surface area (Å²) in [4.78, 5) is 3.78. The minimum Gasteiger partial charge on any atom is -0.362 e. The van der Waals surface area contributed by atoms with Gasteiger partial charge in [0, 0.05) is 12.7 Å². The maximum Gasteiger partial charge on any atom is 0.417 e. The molecule has 1 heterocycles. The third-order valence-corrected chi connectivity index (χ3v) is 3.79. The van der Waals surface area contributed by atoms with Gasteiger partial charge in [0.1, 0.15) is 5.82 Å². The lowest BCUT2D eigenvalue weighted by molar-refractivity contribution is -0.137. The second kappa shape index (κ2) is 5.17. The molecule has 106 valence electrons.